The highest BCUT2D eigenvalue weighted by Gasteiger charge is 2.28. The van der Waals surface area contributed by atoms with Crippen molar-refractivity contribution in [3.63, 3.8) is 0 Å². The van der Waals surface area contributed by atoms with E-state index in [4.69, 9.17) is 4.98 Å². The Labute approximate surface area is 136 Å². The minimum absolute atomic E-state index is 0.300. The van der Waals surface area contributed by atoms with Gasteiger partial charge in [0.1, 0.15) is 12.7 Å². The van der Waals surface area contributed by atoms with Gasteiger partial charge in [-0.2, -0.15) is 0 Å². The van der Waals surface area contributed by atoms with Gasteiger partial charge in [0.15, 0.2) is 0 Å². The monoisotopic (exact) mass is 304 g/mol. The van der Waals surface area contributed by atoms with Crippen molar-refractivity contribution in [2.45, 2.75) is 38.1 Å². The summed E-state index contributed by atoms with van der Waals surface area (Å²) < 4.78 is 2.14. The number of hydrogen-bond acceptors (Lipinski definition) is 3. The lowest BCUT2D eigenvalue weighted by Gasteiger charge is -2.24. The van der Waals surface area contributed by atoms with E-state index in [2.05, 4.69) is 38.7 Å². The first kappa shape index (κ1) is 14.2. The highest BCUT2D eigenvalue weighted by atomic mass is 15.2. The topological polar surface area (TPSA) is 43.6 Å². The summed E-state index contributed by atoms with van der Waals surface area (Å²) in [5.41, 5.74) is 6.65. The molecule has 2 aliphatic rings. The highest BCUT2D eigenvalue weighted by molar-refractivity contribution is 5.66. The van der Waals surface area contributed by atoms with Crippen molar-refractivity contribution in [1.82, 2.24) is 19.7 Å². The standard InChI is InChI=1S/C19H20N4/c1-2-6-15(7-3-1)18-11-10-17(12-20-18)19(16-8-4-5-9-16)23-13-21-22-14-23/h2-3,6,10-14,16,19H,4-5,7-9H2. The van der Waals surface area contributed by atoms with Crippen LogP contribution in [0.3, 0.4) is 0 Å². The fraction of sp³-hybridized carbons (Fsp3) is 0.368. The lowest BCUT2D eigenvalue weighted by Crippen LogP contribution is -2.18. The maximum absolute atomic E-state index is 4.71. The summed E-state index contributed by atoms with van der Waals surface area (Å²) in [5.74, 6) is 0.651. The summed E-state index contributed by atoms with van der Waals surface area (Å²) >= 11 is 0. The number of pyridine rings is 1. The van der Waals surface area contributed by atoms with Gasteiger partial charge in [-0.3, -0.25) is 4.98 Å². The van der Waals surface area contributed by atoms with E-state index in [1.165, 1.54) is 36.8 Å². The molecule has 0 aromatic carbocycles. The minimum Gasteiger partial charge on any atom is -0.312 e. The zero-order chi connectivity index (χ0) is 15.5. The molecule has 1 saturated carbocycles. The molecule has 0 bridgehead atoms. The Balaban J connectivity index is 1.64. The molecule has 116 valence electrons. The third-order valence-electron chi connectivity index (χ3n) is 4.88. The second-order valence-corrected chi connectivity index (χ2v) is 6.31. The van der Waals surface area contributed by atoms with Gasteiger partial charge in [0.05, 0.1) is 11.7 Å². The smallest absolute Gasteiger partial charge is 0.119 e. The fourth-order valence-electron chi connectivity index (χ4n) is 3.73. The molecule has 1 unspecified atom stereocenters. The average molecular weight is 304 g/mol. The van der Waals surface area contributed by atoms with E-state index in [1.54, 1.807) is 0 Å². The Morgan fingerprint density at radius 3 is 2.61 bits per heavy atom. The Bertz CT molecular complexity index is 743. The van der Waals surface area contributed by atoms with Gasteiger partial charge in [0, 0.05) is 12.6 Å². The van der Waals surface area contributed by atoms with Crippen molar-refractivity contribution in [2.24, 2.45) is 5.92 Å². The molecule has 0 amide bonds. The van der Waals surface area contributed by atoms with E-state index < -0.39 is 0 Å². The third-order valence-corrected chi connectivity index (χ3v) is 4.88. The van der Waals surface area contributed by atoms with Crippen LogP contribution < -0.4 is 0 Å². The maximum atomic E-state index is 4.71. The van der Waals surface area contributed by atoms with Crippen molar-refractivity contribution >= 4 is 5.57 Å². The van der Waals surface area contributed by atoms with Crippen molar-refractivity contribution in [3.8, 4) is 0 Å². The molecule has 0 aliphatic heterocycles. The van der Waals surface area contributed by atoms with Crippen LogP contribution in [0.4, 0.5) is 0 Å². The van der Waals surface area contributed by atoms with Gasteiger partial charge in [-0.25, -0.2) is 0 Å². The molecular formula is C19H20N4. The molecule has 1 fully saturated rings. The van der Waals surface area contributed by atoms with Gasteiger partial charge < -0.3 is 4.57 Å². The molecule has 4 rings (SSSR count). The largest absolute Gasteiger partial charge is 0.312 e. The van der Waals surface area contributed by atoms with E-state index in [9.17, 15) is 0 Å². The molecule has 0 saturated heterocycles. The fourth-order valence-corrected chi connectivity index (χ4v) is 3.73. The van der Waals surface area contributed by atoms with Gasteiger partial charge in [-0.1, -0.05) is 18.9 Å². The molecule has 1 atom stereocenters. The third kappa shape index (κ3) is 2.90. The quantitative estimate of drug-likeness (QED) is 0.803. The van der Waals surface area contributed by atoms with E-state index in [1.807, 2.05) is 31.0 Å². The second-order valence-electron chi connectivity index (χ2n) is 6.31. The molecule has 4 heteroatoms. The molecule has 0 spiro atoms. The first-order chi connectivity index (χ1) is 11.4. The van der Waals surface area contributed by atoms with Crippen LogP contribution in [-0.4, -0.2) is 19.7 Å². The molecule has 23 heavy (non-hydrogen) atoms. The van der Waals surface area contributed by atoms with Crippen LogP contribution in [-0.2, 0) is 0 Å². The predicted octanol–water partition coefficient (Wildman–Crippen LogP) is 3.95. The average Bonchev–Trinajstić information content (AvgIpc) is 3.31. The number of aromatic nitrogens is 4. The Hall–Kier alpha value is -2.45. The van der Waals surface area contributed by atoms with Gasteiger partial charge in [-0.15, -0.1) is 15.9 Å². The van der Waals surface area contributed by atoms with E-state index >= 15 is 0 Å². The van der Waals surface area contributed by atoms with Crippen LogP contribution in [0.1, 0.15) is 49.4 Å². The lowest BCUT2D eigenvalue weighted by atomic mass is 9.92. The second kappa shape index (κ2) is 6.35. The predicted molar refractivity (Wildman–Crippen MR) is 89.6 cm³/mol. The molecule has 2 aliphatic carbocycles. The number of hydrogen-bond donors (Lipinski definition) is 0. The van der Waals surface area contributed by atoms with Crippen molar-refractivity contribution in [1.29, 1.82) is 0 Å². The molecule has 4 nitrogen and oxygen atoms in total. The number of allylic oxidation sites excluding steroid dienone is 3. The van der Waals surface area contributed by atoms with Gasteiger partial charge in [0.2, 0.25) is 0 Å². The Kier molecular flexibility index (Phi) is 3.91. The molecular weight excluding hydrogens is 284 g/mol. The van der Waals surface area contributed by atoms with E-state index in [0.29, 0.717) is 12.0 Å². The summed E-state index contributed by atoms with van der Waals surface area (Å²) in [7, 11) is 0. The molecule has 0 radical (unpaired) electrons. The van der Waals surface area contributed by atoms with Gasteiger partial charge in [-0.05, 0) is 54.2 Å². The van der Waals surface area contributed by atoms with E-state index in [-0.39, 0.29) is 0 Å². The zero-order valence-electron chi connectivity index (χ0n) is 13.1. The van der Waals surface area contributed by atoms with Crippen molar-refractivity contribution in [3.05, 3.63) is 66.2 Å². The summed E-state index contributed by atoms with van der Waals surface area (Å²) in [6.07, 6.45) is 17.9. The van der Waals surface area contributed by atoms with Crippen LogP contribution in [0.5, 0.6) is 0 Å². The van der Waals surface area contributed by atoms with Crippen LogP contribution in [0.25, 0.3) is 5.57 Å². The normalized spacial score (nSPS) is 19.0. The Morgan fingerprint density at radius 1 is 1.13 bits per heavy atom. The maximum Gasteiger partial charge on any atom is 0.119 e. The number of nitrogens with zero attached hydrogens (tertiary/aromatic N) is 4. The zero-order valence-corrected chi connectivity index (χ0v) is 13.1. The molecule has 2 heterocycles. The highest BCUT2D eigenvalue weighted by Crippen LogP contribution is 2.38. The SMILES string of the molecule is C1=CC=C(c2ccc(C(C3CCCC3)n3cnnc3)cn2)CC=1. The summed E-state index contributed by atoms with van der Waals surface area (Å²) in [6.45, 7) is 0. The molecule has 2 aromatic rings. The van der Waals surface area contributed by atoms with Crippen molar-refractivity contribution < 1.29 is 0 Å². The summed E-state index contributed by atoms with van der Waals surface area (Å²) in [4.78, 5) is 4.71. The molecule has 0 N–H and O–H groups in total. The molecule has 2 aromatic heterocycles. The first-order valence-electron chi connectivity index (χ1n) is 8.32. The summed E-state index contributed by atoms with van der Waals surface area (Å²) in [6, 6.07) is 4.66. The number of rotatable bonds is 4. The van der Waals surface area contributed by atoms with Crippen LogP contribution >= 0.6 is 0 Å². The van der Waals surface area contributed by atoms with Gasteiger partial charge in [0.25, 0.3) is 0 Å². The Morgan fingerprint density at radius 2 is 1.96 bits per heavy atom. The first-order valence-corrected chi connectivity index (χ1v) is 8.32. The van der Waals surface area contributed by atoms with Crippen LogP contribution in [0.15, 0.2) is 54.9 Å². The van der Waals surface area contributed by atoms with Crippen LogP contribution in [0.2, 0.25) is 0 Å². The van der Waals surface area contributed by atoms with Crippen molar-refractivity contribution in [2.75, 3.05) is 0 Å². The lowest BCUT2D eigenvalue weighted by molar-refractivity contribution is 0.384. The minimum atomic E-state index is 0.300. The van der Waals surface area contributed by atoms with Crippen LogP contribution in [0, 0.1) is 5.92 Å². The van der Waals surface area contributed by atoms with Gasteiger partial charge >= 0.3 is 0 Å². The summed E-state index contributed by atoms with van der Waals surface area (Å²) in [5, 5.41) is 8.00. The van der Waals surface area contributed by atoms with E-state index in [0.717, 1.165) is 12.1 Å².